The zero-order valence-corrected chi connectivity index (χ0v) is 7.53. The Balaban J connectivity index is 2.52. The van der Waals surface area contributed by atoms with E-state index in [2.05, 4.69) is 14.7 Å². The summed E-state index contributed by atoms with van der Waals surface area (Å²) < 4.78 is 4.57. The molecule has 2 rings (SSSR count). The van der Waals surface area contributed by atoms with Crippen molar-refractivity contribution in [1.82, 2.24) is 9.97 Å². The Kier molecular flexibility index (Phi) is 1.92. The summed E-state index contributed by atoms with van der Waals surface area (Å²) in [5.74, 6) is -0.457. The summed E-state index contributed by atoms with van der Waals surface area (Å²) >= 11 is 0. The smallest absolute Gasteiger partial charge is 0.339 e. The van der Waals surface area contributed by atoms with Gasteiger partial charge >= 0.3 is 5.97 Å². The SMILES string of the molecule is COC(=O)C1=CCc2c1nc[nH]c2=O. The lowest BCUT2D eigenvalue weighted by Gasteiger charge is -2.00. The Labute approximate surface area is 79.4 Å². The van der Waals surface area contributed by atoms with Gasteiger partial charge in [-0.05, 0) is 6.42 Å². The van der Waals surface area contributed by atoms with Crippen LogP contribution in [0.2, 0.25) is 0 Å². The number of hydrogen-bond donors (Lipinski definition) is 1. The second kappa shape index (κ2) is 3.10. The number of rotatable bonds is 1. The van der Waals surface area contributed by atoms with E-state index in [1.165, 1.54) is 13.4 Å². The molecule has 0 atom stereocenters. The second-order valence-corrected chi connectivity index (χ2v) is 2.87. The molecule has 14 heavy (non-hydrogen) atoms. The van der Waals surface area contributed by atoms with E-state index in [1.54, 1.807) is 6.08 Å². The maximum absolute atomic E-state index is 11.3. The lowest BCUT2D eigenvalue weighted by molar-refractivity contribution is -0.133. The van der Waals surface area contributed by atoms with Gasteiger partial charge in [-0.3, -0.25) is 4.79 Å². The molecule has 1 aliphatic carbocycles. The maximum Gasteiger partial charge on any atom is 0.339 e. The predicted molar refractivity (Wildman–Crippen MR) is 48.6 cm³/mol. The second-order valence-electron chi connectivity index (χ2n) is 2.87. The molecule has 0 saturated carbocycles. The molecule has 1 heterocycles. The zero-order chi connectivity index (χ0) is 10.1. The van der Waals surface area contributed by atoms with Crippen LogP contribution in [0.1, 0.15) is 11.3 Å². The molecule has 0 amide bonds. The highest BCUT2D eigenvalue weighted by Gasteiger charge is 2.23. The molecule has 5 nitrogen and oxygen atoms in total. The van der Waals surface area contributed by atoms with Gasteiger partial charge in [-0.2, -0.15) is 0 Å². The van der Waals surface area contributed by atoms with E-state index in [9.17, 15) is 9.59 Å². The van der Waals surface area contributed by atoms with Crippen molar-refractivity contribution in [3.05, 3.63) is 34.0 Å². The molecule has 0 bridgehead atoms. The average Bonchev–Trinajstić information content (AvgIpc) is 2.62. The fourth-order valence-electron chi connectivity index (χ4n) is 1.44. The standard InChI is InChI=1S/C9H8N2O3/c1-14-9(13)6-3-2-5-7(6)10-4-11-8(5)12/h3-4H,2H2,1H3,(H,10,11,12). The molecule has 0 radical (unpaired) electrons. The number of fused-ring (bicyclic) bond motifs is 1. The van der Waals surface area contributed by atoms with Crippen molar-refractivity contribution in [3.8, 4) is 0 Å². The largest absolute Gasteiger partial charge is 0.465 e. The first-order valence-electron chi connectivity index (χ1n) is 4.09. The summed E-state index contributed by atoms with van der Waals surface area (Å²) in [5, 5.41) is 0. The number of hydrogen-bond acceptors (Lipinski definition) is 4. The Hall–Kier alpha value is -1.91. The minimum Gasteiger partial charge on any atom is -0.465 e. The van der Waals surface area contributed by atoms with Crippen LogP contribution in [0.3, 0.4) is 0 Å². The van der Waals surface area contributed by atoms with Crippen LogP contribution < -0.4 is 5.56 Å². The Morgan fingerprint density at radius 1 is 1.64 bits per heavy atom. The third-order valence-electron chi connectivity index (χ3n) is 2.12. The van der Waals surface area contributed by atoms with E-state index in [0.29, 0.717) is 23.3 Å². The van der Waals surface area contributed by atoms with Gasteiger partial charge in [-0.25, -0.2) is 9.78 Å². The van der Waals surface area contributed by atoms with E-state index in [0.717, 1.165) is 0 Å². The molecule has 0 fully saturated rings. The van der Waals surface area contributed by atoms with Crippen molar-refractivity contribution in [3.63, 3.8) is 0 Å². The molecule has 0 aliphatic heterocycles. The highest BCUT2D eigenvalue weighted by molar-refractivity contribution is 6.17. The molecule has 0 aromatic carbocycles. The number of esters is 1. The minimum absolute atomic E-state index is 0.204. The van der Waals surface area contributed by atoms with Gasteiger partial charge in [0.1, 0.15) is 0 Å². The van der Waals surface area contributed by atoms with E-state index in [1.807, 2.05) is 0 Å². The average molecular weight is 192 g/mol. The molecule has 1 aromatic heterocycles. The Morgan fingerprint density at radius 3 is 3.14 bits per heavy atom. The normalized spacial score (nSPS) is 13.4. The van der Waals surface area contributed by atoms with Crippen LogP contribution in [0.15, 0.2) is 17.2 Å². The number of allylic oxidation sites excluding steroid dienone is 1. The first-order chi connectivity index (χ1) is 6.74. The number of carbonyl (C=O) groups excluding carboxylic acids is 1. The van der Waals surface area contributed by atoms with Gasteiger partial charge in [0.05, 0.1) is 24.7 Å². The van der Waals surface area contributed by atoms with E-state index in [4.69, 9.17) is 0 Å². The van der Waals surface area contributed by atoms with Crippen LogP contribution in [0, 0.1) is 0 Å². The number of H-pyrrole nitrogens is 1. The number of aromatic amines is 1. The summed E-state index contributed by atoms with van der Waals surface area (Å²) in [6.45, 7) is 0. The molecule has 1 aromatic rings. The number of methoxy groups -OCH3 is 1. The molecule has 0 spiro atoms. The first-order valence-corrected chi connectivity index (χ1v) is 4.09. The summed E-state index contributed by atoms with van der Waals surface area (Å²) in [5.41, 5.74) is 1.12. The van der Waals surface area contributed by atoms with Gasteiger partial charge < -0.3 is 9.72 Å². The molecular weight excluding hydrogens is 184 g/mol. The van der Waals surface area contributed by atoms with Crippen molar-refractivity contribution in [1.29, 1.82) is 0 Å². The van der Waals surface area contributed by atoms with Crippen LogP contribution >= 0.6 is 0 Å². The van der Waals surface area contributed by atoms with Crippen molar-refractivity contribution in [2.45, 2.75) is 6.42 Å². The van der Waals surface area contributed by atoms with E-state index in [-0.39, 0.29) is 5.56 Å². The lowest BCUT2D eigenvalue weighted by Crippen LogP contribution is -2.14. The van der Waals surface area contributed by atoms with E-state index < -0.39 is 5.97 Å². The molecule has 5 heteroatoms. The molecule has 1 aliphatic rings. The van der Waals surface area contributed by atoms with Crippen LogP contribution in [-0.2, 0) is 16.0 Å². The van der Waals surface area contributed by atoms with Crippen LogP contribution in [0.5, 0.6) is 0 Å². The summed E-state index contributed by atoms with van der Waals surface area (Å²) in [7, 11) is 1.30. The fourth-order valence-corrected chi connectivity index (χ4v) is 1.44. The minimum atomic E-state index is -0.457. The molecule has 0 unspecified atom stereocenters. The van der Waals surface area contributed by atoms with Crippen LogP contribution in [0.25, 0.3) is 5.57 Å². The van der Waals surface area contributed by atoms with Crippen LogP contribution in [0.4, 0.5) is 0 Å². The number of nitrogens with one attached hydrogen (secondary N) is 1. The van der Waals surface area contributed by atoms with Gasteiger partial charge in [0.2, 0.25) is 0 Å². The first kappa shape index (κ1) is 8.68. The number of nitrogens with zero attached hydrogens (tertiary/aromatic N) is 1. The zero-order valence-electron chi connectivity index (χ0n) is 7.53. The molecule has 72 valence electrons. The predicted octanol–water partition coefficient (Wildman–Crippen LogP) is -0.118. The van der Waals surface area contributed by atoms with Gasteiger partial charge in [0.25, 0.3) is 5.56 Å². The third-order valence-corrected chi connectivity index (χ3v) is 2.12. The Bertz CT molecular complexity index is 473. The summed E-state index contributed by atoms with van der Waals surface area (Å²) in [4.78, 5) is 28.9. The topological polar surface area (TPSA) is 72.0 Å². The molecule has 1 N–H and O–H groups in total. The van der Waals surface area contributed by atoms with Crippen LogP contribution in [-0.4, -0.2) is 23.0 Å². The van der Waals surface area contributed by atoms with Crippen molar-refractivity contribution < 1.29 is 9.53 Å². The van der Waals surface area contributed by atoms with Crippen molar-refractivity contribution >= 4 is 11.5 Å². The highest BCUT2D eigenvalue weighted by Crippen LogP contribution is 2.22. The van der Waals surface area contributed by atoms with Crippen molar-refractivity contribution in [2.75, 3.05) is 7.11 Å². The van der Waals surface area contributed by atoms with Gasteiger partial charge in [-0.1, -0.05) is 6.08 Å². The van der Waals surface area contributed by atoms with Crippen molar-refractivity contribution in [2.24, 2.45) is 0 Å². The maximum atomic E-state index is 11.3. The Morgan fingerprint density at radius 2 is 2.43 bits per heavy atom. The van der Waals surface area contributed by atoms with Gasteiger partial charge in [0.15, 0.2) is 0 Å². The van der Waals surface area contributed by atoms with Gasteiger partial charge in [0, 0.05) is 5.56 Å². The number of aromatic nitrogens is 2. The van der Waals surface area contributed by atoms with Gasteiger partial charge in [-0.15, -0.1) is 0 Å². The fraction of sp³-hybridized carbons (Fsp3) is 0.222. The lowest BCUT2D eigenvalue weighted by atomic mass is 10.2. The highest BCUT2D eigenvalue weighted by atomic mass is 16.5. The summed E-state index contributed by atoms with van der Waals surface area (Å²) in [6, 6.07) is 0. The molecule has 0 saturated heterocycles. The monoisotopic (exact) mass is 192 g/mol. The molecular formula is C9H8N2O3. The number of carbonyl (C=O) groups is 1. The van der Waals surface area contributed by atoms with E-state index >= 15 is 0 Å². The number of ether oxygens (including phenoxy) is 1. The quantitative estimate of drug-likeness (QED) is 0.630. The summed E-state index contributed by atoms with van der Waals surface area (Å²) in [6.07, 6.45) is 3.37. The third kappa shape index (κ3) is 1.14.